The second-order valence-corrected chi connectivity index (χ2v) is 8.77. The monoisotopic (exact) mass is 495 g/mol. The van der Waals surface area contributed by atoms with Gasteiger partial charge in [-0.25, -0.2) is 4.57 Å². The van der Waals surface area contributed by atoms with E-state index < -0.39 is 5.97 Å². The second-order valence-electron chi connectivity index (χ2n) is 8.77. The van der Waals surface area contributed by atoms with Gasteiger partial charge in [0.15, 0.2) is 18.9 Å². The van der Waals surface area contributed by atoms with E-state index in [0.29, 0.717) is 46.2 Å². The van der Waals surface area contributed by atoms with Gasteiger partial charge in [-0.15, -0.1) is 0 Å². The number of aryl methyl sites for hydroxylation is 2. The van der Waals surface area contributed by atoms with Crippen LogP contribution in [0.1, 0.15) is 17.5 Å². The summed E-state index contributed by atoms with van der Waals surface area (Å²) in [6.07, 6.45) is 4.35. The fourth-order valence-electron chi connectivity index (χ4n) is 4.48. The van der Waals surface area contributed by atoms with Gasteiger partial charge >= 0.3 is 5.97 Å². The number of ether oxygens (including phenoxy) is 4. The number of aromatic nitrogens is 2. The average Bonchev–Trinajstić information content (AvgIpc) is 3.27. The van der Waals surface area contributed by atoms with E-state index in [4.69, 9.17) is 24.1 Å². The summed E-state index contributed by atoms with van der Waals surface area (Å²) in [5, 5.41) is 13.6. The number of aromatic amines is 1. The van der Waals surface area contributed by atoms with Crippen LogP contribution in [-0.2, 0) is 30.3 Å². The molecule has 0 spiro atoms. The van der Waals surface area contributed by atoms with E-state index in [1.165, 1.54) is 43.7 Å². The molecule has 0 amide bonds. The lowest BCUT2D eigenvalue weighted by molar-refractivity contribution is -0.697. The Bertz CT molecular complexity index is 1320. The molecule has 8 heteroatoms. The van der Waals surface area contributed by atoms with Crippen LogP contribution >= 0.6 is 0 Å². The fourth-order valence-corrected chi connectivity index (χ4v) is 4.48. The smallest absolute Gasteiger partial charge is 0.305 e. The van der Waals surface area contributed by atoms with Gasteiger partial charge in [0.25, 0.3) is 0 Å². The third kappa shape index (κ3) is 6.39. The molecule has 2 aromatic carbocycles. The van der Waals surface area contributed by atoms with Gasteiger partial charge in [-0.1, -0.05) is 18.2 Å². The van der Waals surface area contributed by atoms with Crippen molar-refractivity contribution in [2.24, 2.45) is 0 Å². The average molecular weight is 496 g/mol. The summed E-state index contributed by atoms with van der Waals surface area (Å²) in [5.74, 6) is -0.861. The molecule has 0 aliphatic heterocycles. The largest absolute Gasteiger partial charge is 0.481 e. The van der Waals surface area contributed by atoms with Crippen LogP contribution in [0.3, 0.4) is 0 Å². The predicted octanol–water partition coefficient (Wildman–Crippen LogP) is 3.92. The summed E-state index contributed by atoms with van der Waals surface area (Å²) in [4.78, 5) is 14.0. The van der Waals surface area contributed by atoms with E-state index in [1.807, 2.05) is 0 Å². The molecular weight excluding hydrogens is 460 g/mol. The molecule has 0 saturated carbocycles. The van der Waals surface area contributed by atoms with Crippen molar-refractivity contribution >= 4 is 38.5 Å². The van der Waals surface area contributed by atoms with Crippen molar-refractivity contribution in [2.45, 2.75) is 26.8 Å². The second kappa shape index (κ2) is 12.8. The minimum Gasteiger partial charge on any atom is -0.481 e. The van der Waals surface area contributed by atoms with Crippen LogP contribution in [0.2, 0.25) is 0 Å². The topological polar surface area (TPSA) is 93.9 Å². The van der Waals surface area contributed by atoms with Crippen molar-refractivity contribution < 1.29 is 33.4 Å². The zero-order chi connectivity index (χ0) is 25.3. The molecule has 2 aromatic heterocycles. The Hall–Kier alpha value is -3.04. The van der Waals surface area contributed by atoms with E-state index in [9.17, 15) is 4.79 Å². The zero-order valence-corrected chi connectivity index (χ0v) is 21.0. The van der Waals surface area contributed by atoms with Gasteiger partial charge in [0.2, 0.25) is 0 Å². The number of benzene rings is 2. The highest BCUT2D eigenvalue weighted by Crippen LogP contribution is 2.35. The highest BCUT2D eigenvalue weighted by Gasteiger charge is 2.16. The van der Waals surface area contributed by atoms with Gasteiger partial charge in [-0.2, -0.15) is 0 Å². The lowest BCUT2D eigenvalue weighted by atomic mass is 9.97. The van der Waals surface area contributed by atoms with Gasteiger partial charge in [-0.05, 0) is 36.4 Å². The molecule has 192 valence electrons. The quantitative estimate of drug-likeness (QED) is 0.192. The molecule has 2 heterocycles. The molecule has 0 atom stereocenters. The van der Waals surface area contributed by atoms with Crippen LogP contribution in [0, 0.1) is 13.8 Å². The lowest BCUT2D eigenvalue weighted by Crippen LogP contribution is -2.35. The van der Waals surface area contributed by atoms with Gasteiger partial charge < -0.3 is 29.0 Å². The van der Waals surface area contributed by atoms with Crippen LogP contribution in [0.5, 0.6) is 0 Å². The predicted molar refractivity (Wildman–Crippen MR) is 139 cm³/mol. The molecule has 0 aliphatic carbocycles. The molecule has 0 radical (unpaired) electrons. The number of carboxylic acid groups (broad SMARTS) is 1. The number of pyridine rings is 1. The number of rotatable bonds is 15. The maximum absolute atomic E-state index is 10.4. The number of hydrogen-bond donors (Lipinski definition) is 2. The van der Waals surface area contributed by atoms with Crippen molar-refractivity contribution in [3.05, 3.63) is 53.9 Å². The number of H-pyrrole nitrogens is 1. The summed E-state index contributed by atoms with van der Waals surface area (Å²) in [5.41, 5.74) is 4.96. The van der Waals surface area contributed by atoms with Crippen molar-refractivity contribution in [1.29, 1.82) is 0 Å². The Morgan fingerprint density at radius 1 is 0.806 bits per heavy atom. The Morgan fingerprint density at radius 3 is 2.14 bits per heavy atom. The standard InChI is InChI=1S/C28H34N2O6/c1-20-24-19-30(10-12-34-14-16-36-18-17-35-15-13-33-11-8-26(31)32)9-7-22(24)21(2)28-27(20)23-5-3-4-6-25(23)29-28/h3-7,9,19H,8,10-18H2,1-2H3,(H,31,32)/p+1. The van der Waals surface area contributed by atoms with Crippen LogP contribution in [0.15, 0.2) is 42.7 Å². The van der Waals surface area contributed by atoms with Crippen LogP contribution in [-0.4, -0.2) is 68.9 Å². The van der Waals surface area contributed by atoms with E-state index in [-0.39, 0.29) is 13.0 Å². The SMILES string of the molecule is Cc1c2cc[n+](CCOCCOCCOCCOCCC(=O)O)cc2c(C)c2c1[nH]c1ccccc12. The maximum Gasteiger partial charge on any atom is 0.305 e. The van der Waals surface area contributed by atoms with Gasteiger partial charge in [0.05, 0.1) is 58.2 Å². The molecule has 0 bridgehead atoms. The van der Waals surface area contributed by atoms with Crippen LogP contribution in [0.25, 0.3) is 32.6 Å². The molecule has 0 fully saturated rings. The van der Waals surface area contributed by atoms with Gasteiger partial charge in [-0.3, -0.25) is 4.79 Å². The minimum absolute atomic E-state index is 0.0102. The van der Waals surface area contributed by atoms with Crippen molar-refractivity contribution in [1.82, 2.24) is 4.98 Å². The minimum atomic E-state index is -0.861. The molecule has 36 heavy (non-hydrogen) atoms. The Kier molecular flexibility index (Phi) is 9.24. The first-order valence-electron chi connectivity index (χ1n) is 12.4. The summed E-state index contributed by atoms with van der Waals surface area (Å²) in [6, 6.07) is 10.7. The third-order valence-electron chi connectivity index (χ3n) is 6.35. The molecule has 0 aliphatic rings. The number of para-hydroxylation sites is 1. The summed E-state index contributed by atoms with van der Waals surface area (Å²) in [6.45, 7) is 8.78. The number of fused-ring (bicyclic) bond motifs is 4. The number of carboxylic acids is 1. The maximum atomic E-state index is 10.4. The zero-order valence-electron chi connectivity index (χ0n) is 21.0. The van der Waals surface area contributed by atoms with E-state index in [1.54, 1.807) is 0 Å². The van der Waals surface area contributed by atoms with Crippen LogP contribution < -0.4 is 4.57 Å². The fraction of sp³-hybridized carbons (Fsp3) is 0.429. The number of hydrogen-bond acceptors (Lipinski definition) is 5. The van der Waals surface area contributed by atoms with E-state index in [2.05, 4.69) is 66.1 Å². The van der Waals surface area contributed by atoms with Crippen molar-refractivity contribution in [2.75, 3.05) is 52.9 Å². The number of aliphatic carboxylic acids is 1. The van der Waals surface area contributed by atoms with E-state index >= 15 is 0 Å². The van der Waals surface area contributed by atoms with Crippen molar-refractivity contribution in [3.8, 4) is 0 Å². The van der Waals surface area contributed by atoms with Gasteiger partial charge in [0, 0.05) is 27.7 Å². The summed E-state index contributed by atoms with van der Waals surface area (Å²) >= 11 is 0. The number of carbonyl (C=O) groups is 1. The first-order chi connectivity index (χ1) is 17.6. The number of nitrogens with one attached hydrogen (secondary N) is 1. The third-order valence-corrected chi connectivity index (χ3v) is 6.35. The molecule has 4 rings (SSSR count). The van der Waals surface area contributed by atoms with Crippen LogP contribution in [0.4, 0.5) is 0 Å². The normalized spacial score (nSPS) is 11.7. The highest BCUT2D eigenvalue weighted by atomic mass is 16.6. The first-order valence-corrected chi connectivity index (χ1v) is 12.4. The molecule has 8 nitrogen and oxygen atoms in total. The molecule has 4 aromatic rings. The Morgan fingerprint density at radius 2 is 1.44 bits per heavy atom. The Balaban J connectivity index is 1.19. The molecule has 2 N–H and O–H groups in total. The highest BCUT2D eigenvalue weighted by molar-refractivity contribution is 6.16. The lowest BCUT2D eigenvalue weighted by Gasteiger charge is -2.09. The van der Waals surface area contributed by atoms with Gasteiger partial charge in [0.1, 0.15) is 6.61 Å². The summed E-state index contributed by atoms with van der Waals surface area (Å²) < 4.78 is 24.0. The summed E-state index contributed by atoms with van der Waals surface area (Å²) in [7, 11) is 0. The molecule has 0 saturated heterocycles. The molecule has 0 unspecified atom stereocenters. The van der Waals surface area contributed by atoms with E-state index in [0.717, 1.165) is 6.54 Å². The first kappa shape index (κ1) is 26.0. The molecular formula is C28H35N2O6+. The Labute approximate surface area is 210 Å². The van der Waals surface area contributed by atoms with Crippen molar-refractivity contribution in [3.63, 3.8) is 0 Å². The number of nitrogens with zero attached hydrogens (tertiary/aromatic N) is 1.